The van der Waals surface area contributed by atoms with Crippen LogP contribution in [-0.2, 0) is 10.3 Å². The van der Waals surface area contributed by atoms with E-state index in [9.17, 15) is 9.18 Å². The molecule has 1 aliphatic heterocycles. The molecular weight excluding hydrogens is 331 g/mol. The molecule has 4 nitrogen and oxygen atoms in total. The molecule has 0 saturated carbocycles. The highest BCUT2D eigenvalue weighted by molar-refractivity contribution is 5.72. The van der Waals surface area contributed by atoms with Gasteiger partial charge in [-0.2, -0.15) is 0 Å². The Bertz CT molecular complexity index is 961. The van der Waals surface area contributed by atoms with Gasteiger partial charge in [-0.3, -0.25) is 4.98 Å². The van der Waals surface area contributed by atoms with E-state index in [4.69, 9.17) is 4.74 Å². The van der Waals surface area contributed by atoms with E-state index in [0.717, 1.165) is 16.7 Å². The third-order valence-electron chi connectivity index (χ3n) is 4.72. The molecule has 0 aliphatic carbocycles. The molecule has 0 spiro atoms. The zero-order valence-corrected chi connectivity index (χ0v) is 14.1. The van der Waals surface area contributed by atoms with Crippen molar-refractivity contribution < 1.29 is 13.9 Å². The maximum Gasteiger partial charge on any atom is 0.408 e. The highest BCUT2D eigenvalue weighted by atomic mass is 19.1. The number of hydrogen-bond acceptors (Lipinski definition) is 3. The summed E-state index contributed by atoms with van der Waals surface area (Å²) in [6.07, 6.45) is 2.94. The topological polar surface area (TPSA) is 51.2 Å². The van der Waals surface area contributed by atoms with Crippen LogP contribution in [-0.4, -0.2) is 11.1 Å². The second-order valence-electron chi connectivity index (χ2n) is 6.46. The minimum absolute atomic E-state index is 0.374. The van der Waals surface area contributed by atoms with Crippen LogP contribution in [0.3, 0.4) is 0 Å². The first-order valence-electron chi connectivity index (χ1n) is 8.32. The lowest BCUT2D eigenvalue weighted by Crippen LogP contribution is -2.31. The van der Waals surface area contributed by atoms with Gasteiger partial charge in [0.1, 0.15) is 11.9 Å². The van der Waals surface area contributed by atoms with Gasteiger partial charge in [0.25, 0.3) is 0 Å². The summed E-state index contributed by atoms with van der Waals surface area (Å²) < 4.78 is 19.3. The average molecular weight is 348 g/mol. The zero-order valence-electron chi connectivity index (χ0n) is 14.1. The Labute approximate surface area is 150 Å². The van der Waals surface area contributed by atoms with Crippen LogP contribution in [0.2, 0.25) is 0 Å². The highest BCUT2D eigenvalue weighted by Gasteiger charge is 2.47. The van der Waals surface area contributed by atoms with Gasteiger partial charge >= 0.3 is 6.09 Å². The summed E-state index contributed by atoms with van der Waals surface area (Å²) in [5.41, 5.74) is 2.32. The van der Waals surface area contributed by atoms with Crippen molar-refractivity contribution in [2.75, 3.05) is 0 Å². The van der Waals surface area contributed by atoms with Crippen LogP contribution in [0.4, 0.5) is 9.18 Å². The van der Waals surface area contributed by atoms with Crippen LogP contribution in [0.15, 0.2) is 73.1 Å². The Morgan fingerprint density at radius 1 is 1.04 bits per heavy atom. The van der Waals surface area contributed by atoms with Gasteiger partial charge in [-0.05, 0) is 36.2 Å². The fourth-order valence-corrected chi connectivity index (χ4v) is 3.36. The van der Waals surface area contributed by atoms with Crippen molar-refractivity contribution in [2.24, 2.45) is 0 Å². The normalized spacial score (nSPS) is 21.9. The molecule has 3 aromatic rings. The molecule has 0 unspecified atom stereocenters. The molecule has 1 amide bonds. The molecule has 1 N–H and O–H groups in total. The quantitative estimate of drug-likeness (QED) is 0.753. The Morgan fingerprint density at radius 2 is 1.85 bits per heavy atom. The molecule has 2 aromatic carbocycles. The summed E-state index contributed by atoms with van der Waals surface area (Å²) in [6.45, 7) is 1.78. The van der Waals surface area contributed by atoms with Gasteiger partial charge in [0.05, 0.1) is 0 Å². The average Bonchev–Trinajstić information content (AvgIpc) is 2.98. The molecule has 26 heavy (non-hydrogen) atoms. The van der Waals surface area contributed by atoms with Crippen molar-refractivity contribution in [1.29, 1.82) is 0 Å². The summed E-state index contributed by atoms with van der Waals surface area (Å²) in [6, 6.07) is 17.5. The van der Waals surface area contributed by atoms with E-state index in [0.29, 0.717) is 5.56 Å². The fraction of sp³-hybridized carbons (Fsp3) is 0.143. The minimum atomic E-state index is -1.03. The summed E-state index contributed by atoms with van der Waals surface area (Å²) in [4.78, 5) is 16.3. The lowest BCUT2D eigenvalue weighted by atomic mass is 9.84. The van der Waals surface area contributed by atoms with Gasteiger partial charge in [0.2, 0.25) is 0 Å². The number of aromatic nitrogens is 1. The van der Waals surface area contributed by atoms with Crippen LogP contribution in [0.5, 0.6) is 0 Å². The molecule has 1 fully saturated rings. The molecule has 0 radical (unpaired) electrons. The van der Waals surface area contributed by atoms with Crippen molar-refractivity contribution in [3.8, 4) is 11.1 Å². The van der Waals surface area contributed by atoms with Gasteiger partial charge in [-0.15, -0.1) is 0 Å². The molecule has 5 heteroatoms. The number of pyridine rings is 1. The Kier molecular flexibility index (Phi) is 3.92. The number of rotatable bonds is 3. The number of ether oxygens (including phenoxy) is 1. The molecule has 2 atom stereocenters. The molecule has 2 heterocycles. The number of cyclic esters (lactones) is 1. The number of halogens is 1. The van der Waals surface area contributed by atoms with Crippen molar-refractivity contribution in [2.45, 2.75) is 18.6 Å². The number of benzene rings is 2. The first-order chi connectivity index (χ1) is 12.6. The number of nitrogens with zero attached hydrogens (tertiary/aromatic N) is 1. The summed E-state index contributed by atoms with van der Waals surface area (Å²) >= 11 is 0. The highest BCUT2D eigenvalue weighted by Crippen LogP contribution is 2.43. The van der Waals surface area contributed by atoms with Gasteiger partial charge in [0, 0.05) is 23.5 Å². The molecular formula is C21H17FN2O2. The van der Waals surface area contributed by atoms with Crippen LogP contribution in [0.1, 0.15) is 24.1 Å². The molecule has 1 aromatic heterocycles. The predicted molar refractivity (Wildman–Crippen MR) is 95.8 cm³/mol. The molecule has 4 rings (SSSR count). The SMILES string of the molecule is C[C@]1(c2cccc(F)c2)OC(=O)N[C@@H]1c1cncc(-c2ccccc2)c1. The second kappa shape index (κ2) is 6.26. The van der Waals surface area contributed by atoms with Crippen molar-refractivity contribution in [3.05, 3.63) is 90.0 Å². The largest absolute Gasteiger partial charge is 0.436 e. The monoisotopic (exact) mass is 348 g/mol. The summed E-state index contributed by atoms with van der Waals surface area (Å²) in [7, 11) is 0. The fourth-order valence-electron chi connectivity index (χ4n) is 3.36. The van der Waals surface area contributed by atoms with Crippen LogP contribution in [0.25, 0.3) is 11.1 Å². The summed E-state index contributed by atoms with van der Waals surface area (Å²) in [5.74, 6) is -0.374. The number of hydrogen-bond donors (Lipinski definition) is 1. The smallest absolute Gasteiger partial charge is 0.408 e. The van der Waals surface area contributed by atoms with Crippen LogP contribution < -0.4 is 5.32 Å². The van der Waals surface area contributed by atoms with E-state index in [1.54, 1.807) is 31.5 Å². The van der Waals surface area contributed by atoms with E-state index in [1.807, 2.05) is 36.4 Å². The second-order valence-corrected chi connectivity index (χ2v) is 6.46. The molecule has 1 saturated heterocycles. The zero-order chi connectivity index (χ0) is 18.1. The number of amides is 1. The number of alkyl carbamates (subject to hydrolysis) is 1. The summed E-state index contributed by atoms with van der Waals surface area (Å²) in [5, 5.41) is 2.83. The minimum Gasteiger partial charge on any atom is -0.436 e. The Morgan fingerprint density at radius 3 is 2.62 bits per heavy atom. The van der Waals surface area contributed by atoms with E-state index < -0.39 is 17.7 Å². The predicted octanol–water partition coefficient (Wildman–Crippen LogP) is 4.58. The van der Waals surface area contributed by atoms with Gasteiger partial charge in [0.15, 0.2) is 5.60 Å². The standard InChI is InChI=1S/C21H17FN2O2/c1-21(17-8-5-9-18(22)11-17)19(24-20(25)26-21)16-10-15(12-23-13-16)14-6-3-2-4-7-14/h2-13,19H,1H3,(H,24,25)/t19-,21-/m1/s1. The molecule has 1 aliphatic rings. The molecule has 0 bridgehead atoms. The number of carbonyl (C=O) groups excluding carboxylic acids is 1. The van der Waals surface area contributed by atoms with Crippen molar-refractivity contribution >= 4 is 6.09 Å². The van der Waals surface area contributed by atoms with E-state index in [-0.39, 0.29) is 5.82 Å². The lowest BCUT2D eigenvalue weighted by molar-refractivity contribution is 0.0491. The van der Waals surface area contributed by atoms with Gasteiger partial charge in [-0.1, -0.05) is 42.5 Å². The van der Waals surface area contributed by atoms with Crippen LogP contribution >= 0.6 is 0 Å². The van der Waals surface area contributed by atoms with E-state index >= 15 is 0 Å². The maximum atomic E-state index is 13.7. The maximum absolute atomic E-state index is 13.7. The van der Waals surface area contributed by atoms with Gasteiger partial charge < -0.3 is 10.1 Å². The third-order valence-corrected chi connectivity index (χ3v) is 4.72. The third kappa shape index (κ3) is 2.81. The number of carbonyl (C=O) groups is 1. The first kappa shape index (κ1) is 16.3. The van der Waals surface area contributed by atoms with Gasteiger partial charge in [-0.25, -0.2) is 9.18 Å². The van der Waals surface area contributed by atoms with Crippen molar-refractivity contribution in [3.63, 3.8) is 0 Å². The Balaban J connectivity index is 1.77. The van der Waals surface area contributed by atoms with Crippen molar-refractivity contribution in [1.82, 2.24) is 10.3 Å². The molecule has 130 valence electrons. The van der Waals surface area contributed by atoms with E-state index in [2.05, 4.69) is 10.3 Å². The van der Waals surface area contributed by atoms with Crippen LogP contribution in [0, 0.1) is 5.82 Å². The van der Waals surface area contributed by atoms with E-state index in [1.165, 1.54) is 12.1 Å². The number of nitrogens with one attached hydrogen (secondary N) is 1. The Hall–Kier alpha value is -3.21. The first-order valence-corrected chi connectivity index (χ1v) is 8.32. The lowest BCUT2D eigenvalue weighted by Gasteiger charge is -2.29.